The van der Waals surface area contributed by atoms with Crippen LogP contribution in [0.4, 0.5) is 8.78 Å². The summed E-state index contributed by atoms with van der Waals surface area (Å²) in [6.07, 6.45) is -1.34. The summed E-state index contributed by atoms with van der Waals surface area (Å²) in [7, 11) is 1.56. The second-order valence-electron chi connectivity index (χ2n) is 3.50. The molecule has 0 bridgehead atoms. The molecule has 0 fully saturated rings. The molecule has 0 saturated carbocycles. The average Bonchev–Trinajstić information content (AvgIpc) is 2.56. The molecule has 84 valence electrons. The zero-order valence-electron chi connectivity index (χ0n) is 8.45. The van der Waals surface area contributed by atoms with Gasteiger partial charge in [0.15, 0.2) is 0 Å². The van der Waals surface area contributed by atoms with Crippen LogP contribution in [-0.4, -0.2) is 15.6 Å². The fourth-order valence-electron chi connectivity index (χ4n) is 1.85. The Labute approximate surface area is 89.9 Å². The number of hydrogen-bond donors (Lipinski definition) is 1. The third-order valence-corrected chi connectivity index (χ3v) is 2.50. The van der Waals surface area contributed by atoms with E-state index in [9.17, 15) is 13.6 Å². The predicted octanol–water partition coefficient (Wildman–Crippen LogP) is 2.81. The van der Waals surface area contributed by atoms with Crippen molar-refractivity contribution in [2.24, 2.45) is 7.05 Å². The van der Waals surface area contributed by atoms with E-state index in [2.05, 4.69) is 0 Å². The summed E-state index contributed by atoms with van der Waals surface area (Å²) in [4.78, 5) is 10.9. The number of nitrogens with zero attached hydrogens (tertiary/aromatic N) is 1. The molecule has 0 amide bonds. The molecule has 0 aliphatic rings. The van der Waals surface area contributed by atoms with Crippen molar-refractivity contribution in [2.45, 2.75) is 6.43 Å². The number of carbonyl (C=O) groups is 1. The molecule has 3 nitrogen and oxygen atoms in total. The van der Waals surface area contributed by atoms with Gasteiger partial charge in [0.1, 0.15) is 0 Å². The van der Waals surface area contributed by atoms with Crippen LogP contribution in [0.5, 0.6) is 0 Å². The first-order valence-corrected chi connectivity index (χ1v) is 4.61. The molecule has 1 N–H and O–H groups in total. The molecule has 0 aliphatic heterocycles. The number of benzene rings is 1. The number of halogens is 2. The largest absolute Gasteiger partial charge is 0.478 e. The molecule has 2 aromatic rings. The van der Waals surface area contributed by atoms with E-state index in [1.165, 1.54) is 29.0 Å². The first-order chi connectivity index (χ1) is 7.52. The zero-order chi connectivity index (χ0) is 11.9. The van der Waals surface area contributed by atoms with Crippen molar-refractivity contribution in [2.75, 3.05) is 0 Å². The van der Waals surface area contributed by atoms with E-state index in [1.54, 1.807) is 7.05 Å². The summed E-state index contributed by atoms with van der Waals surface area (Å²) in [5, 5.41) is 9.24. The fourth-order valence-corrected chi connectivity index (χ4v) is 1.85. The number of aryl methyl sites for hydroxylation is 1. The Morgan fingerprint density at radius 1 is 1.44 bits per heavy atom. The summed E-state index contributed by atoms with van der Waals surface area (Å²) in [6, 6.07) is 4.38. The monoisotopic (exact) mass is 225 g/mol. The topological polar surface area (TPSA) is 42.2 Å². The molecule has 0 atom stereocenters. The molecule has 0 saturated heterocycles. The lowest BCUT2D eigenvalue weighted by Crippen LogP contribution is -1.99. The highest BCUT2D eigenvalue weighted by Gasteiger charge is 2.19. The molecule has 1 aromatic carbocycles. The van der Waals surface area contributed by atoms with Gasteiger partial charge in [-0.2, -0.15) is 0 Å². The zero-order valence-corrected chi connectivity index (χ0v) is 8.45. The molecular weight excluding hydrogens is 216 g/mol. The number of rotatable bonds is 2. The van der Waals surface area contributed by atoms with Gasteiger partial charge in [-0.25, -0.2) is 13.6 Å². The van der Waals surface area contributed by atoms with E-state index in [0.29, 0.717) is 5.52 Å². The minimum absolute atomic E-state index is 0.0342. The standard InChI is InChI=1S/C11H9F2NO2/c1-14-5-8(10(12)13)6-3-2-4-7(9(6)14)11(15)16/h2-5,10H,1H3,(H,15,16). The molecule has 16 heavy (non-hydrogen) atoms. The average molecular weight is 225 g/mol. The van der Waals surface area contributed by atoms with Crippen molar-refractivity contribution in [3.8, 4) is 0 Å². The quantitative estimate of drug-likeness (QED) is 0.853. The Balaban J connectivity index is 2.84. The van der Waals surface area contributed by atoms with E-state index in [4.69, 9.17) is 5.11 Å². The third kappa shape index (κ3) is 1.44. The Bertz CT molecular complexity index is 560. The van der Waals surface area contributed by atoms with Gasteiger partial charge in [-0.1, -0.05) is 12.1 Å². The van der Waals surface area contributed by atoms with Crippen LogP contribution < -0.4 is 0 Å². The van der Waals surface area contributed by atoms with Crippen molar-refractivity contribution in [1.82, 2.24) is 4.57 Å². The van der Waals surface area contributed by atoms with Crippen LogP contribution in [0.15, 0.2) is 24.4 Å². The van der Waals surface area contributed by atoms with Gasteiger partial charge in [0.2, 0.25) is 0 Å². The van der Waals surface area contributed by atoms with Crippen LogP contribution in [0.2, 0.25) is 0 Å². The second-order valence-corrected chi connectivity index (χ2v) is 3.50. The fraction of sp³-hybridized carbons (Fsp3) is 0.182. The van der Waals surface area contributed by atoms with Crippen LogP contribution in [0.3, 0.4) is 0 Å². The van der Waals surface area contributed by atoms with Crippen molar-refractivity contribution in [3.05, 3.63) is 35.5 Å². The number of carboxylic acid groups (broad SMARTS) is 1. The Kier molecular flexibility index (Phi) is 2.38. The number of carboxylic acids is 1. The maximum absolute atomic E-state index is 12.7. The minimum atomic E-state index is -2.60. The number of alkyl halides is 2. The Hall–Kier alpha value is -1.91. The van der Waals surface area contributed by atoms with Gasteiger partial charge in [-0.15, -0.1) is 0 Å². The molecule has 2 rings (SSSR count). The smallest absolute Gasteiger partial charge is 0.337 e. The lowest BCUT2D eigenvalue weighted by atomic mass is 10.1. The van der Waals surface area contributed by atoms with E-state index < -0.39 is 12.4 Å². The van der Waals surface area contributed by atoms with Crippen LogP contribution in [0.1, 0.15) is 22.3 Å². The van der Waals surface area contributed by atoms with Crippen LogP contribution in [0, 0.1) is 0 Å². The van der Waals surface area contributed by atoms with Gasteiger partial charge < -0.3 is 9.67 Å². The summed E-state index contributed by atoms with van der Waals surface area (Å²) in [6.45, 7) is 0. The molecule has 0 spiro atoms. The van der Waals surface area contributed by atoms with Gasteiger partial charge in [0.25, 0.3) is 6.43 Å². The van der Waals surface area contributed by atoms with Gasteiger partial charge >= 0.3 is 5.97 Å². The van der Waals surface area contributed by atoms with E-state index in [0.717, 1.165) is 0 Å². The highest BCUT2D eigenvalue weighted by atomic mass is 19.3. The Morgan fingerprint density at radius 3 is 2.69 bits per heavy atom. The lowest BCUT2D eigenvalue weighted by Gasteiger charge is -2.01. The van der Waals surface area contributed by atoms with Crippen LogP contribution in [0.25, 0.3) is 10.9 Å². The summed E-state index contributed by atoms with van der Waals surface area (Å²) in [5.41, 5.74) is 0.220. The van der Waals surface area contributed by atoms with Crippen molar-refractivity contribution < 1.29 is 18.7 Å². The maximum Gasteiger partial charge on any atom is 0.337 e. The molecule has 0 radical (unpaired) electrons. The summed E-state index contributed by atoms with van der Waals surface area (Å²) >= 11 is 0. The molecule has 0 aliphatic carbocycles. The molecule has 1 heterocycles. The number of fused-ring (bicyclic) bond motifs is 1. The number of para-hydroxylation sites is 1. The summed E-state index contributed by atoms with van der Waals surface area (Å²) < 4.78 is 26.8. The van der Waals surface area contributed by atoms with Crippen LogP contribution in [-0.2, 0) is 7.05 Å². The van der Waals surface area contributed by atoms with Gasteiger partial charge in [-0.3, -0.25) is 0 Å². The molecular formula is C11H9F2NO2. The highest BCUT2D eigenvalue weighted by Crippen LogP contribution is 2.30. The normalized spacial score (nSPS) is 11.2. The van der Waals surface area contributed by atoms with E-state index >= 15 is 0 Å². The number of aromatic nitrogens is 1. The molecule has 1 aromatic heterocycles. The first kappa shape index (κ1) is 10.6. The SMILES string of the molecule is Cn1cc(C(F)F)c2cccc(C(=O)O)c21. The molecule has 5 heteroatoms. The van der Waals surface area contributed by atoms with Crippen LogP contribution >= 0.6 is 0 Å². The third-order valence-electron chi connectivity index (χ3n) is 2.50. The first-order valence-electron chi connectivity index (χ1n) is 4.61. The second kappa shape index (κ2) is 3.59. The van der Waals surface area contributed by atoms with Crippen molar-refractivity contribution in [1.29, 1.82) is 0 Å². The Morgan fingerprint density at radius 2 is 2.12 bits per heavy atom. The van der Waals surface area contributed by atoms with Crippen molar-refractivity contribution >= 4 is 16.9 Å². The van der Waals surface area contributed by atoms with Gasteiger partial charge in [0, 0.05) is 24.2 Å². The molecule has 0 unspecified atom stereocenters. The number of aromatic carboxylic acids is 1. The van der Waals surface area contributed by atoms with E-state index in [1.807, 2.05) is 0 Å². The maximum atomic E-state index is 12.7. The number of hydrogen-bond acceptors (Lipinski definition) is 1. The van der Waals surface area contributed by atoms with Gasteiger partial charge in [-0.05, 0) is 6.07 Å². The van der Waals surface area contributed by atoms with Crippen molar-refractivity contribution in [3.63, 3.8) is 0 Å². The summed E-state index contributed by atoms with van der Waals surface area (Å²) in [5.74, 6) is -1.12. The predicted molar refractivity (Wildman–Crippen MR) is 54.8 cm³/mol. The minimum Gasteiger partial charge on any atom is -0.478 e. The lowest BCUT2D eigenvalue weighted by molar-refractivity contribution is 0.0698. The highest BCUT2D eigenvalue weighted by molar-refractivity contribution is 6.03. The van der Waals surface area contributed by atoms with E-state index in [-0.39, 0.29) is 16.5 Å². The van der Waals surface area contributed by atoms with Gasteiger partial charge in [0.05, 0.1) is 11.1 Å².